The van der Waals surface area contributed by atoms with Crippen LogP contribution < -0.4 is 0 Å². The van der Waals surface area contributed by atoms with E-state index in [9.17, 15) is 55.9 Å². The molecule has 2 aliphatic heterocycles. The summed E-state index contributed by atoms with van der Waals surface area (Å²) in [6.45, 7) is -2.64. The monoisotopic (exact) mass is 504 g/mol. The van der Waals surface area contributed by atoms with Gasteiger partial charge in [0.2, 0.25) is 0 Å². The number of carbonyl (C=O) groups is 1. The minimum Gasteiger partial charge on any atom is -0.394 e. The number of ether oxygens (including phenoxy) is 4. The van der Waals surface area contributed by atoms with Crippen molar-refractivity contribution in [2.45, 2.75) is 85.8 Å². The summed E-state index contributed by atoms with van der Waals surface area (Å²) in [5.41, 5.74) is 0. The van der Waals surface area contributed by atoms with Gasteiger partial charge in [-0.3, -0.25) is 0 Å². The molecule has 16 heteroatoms. The van der Waals surface area contributed by atoms with E-state index in [1.54, 1.807) is 0 Å². The van der Waals surface area contributed by atoms with Gasteiger partial charge in [0.25, 0.3) is 0 Å². The largest absolute Gasteiger partial charge is 0.394 e. The molecule has 2 fully saturated rings. The fourth-order valence-electron chi connectivity index (χ4n) is 3.60. The molecule has 0 aromatic rings. The van der Waals surface area contributed by atoms with Crippen molar-refractivity contribution in [3.63, 3.8) is 0 Å². The van der Waals surface area contributed by atoms with Crippen LogP contribution in [0.1, 0.15) is 0 Å². The van der Waals surface area contributed by atoms with Crippen LogP contribution in [0.3, 0.4) is 0 Å². The Morgan fingerprint density at radius 1 is 0.765 bits per heavy atom. The summed E-state index contributed by atoms with van der Waals surface area (Å²) < 4.78 is 21.1. The van der Waals surface area contributed by atoms with E-state index in [1.807, 2.05) is 0 Å². The molecule has 14 unspecified atom stereocenters. The first-order valence-electron chi connectivity index (χ1n) is 10.4. The number of carbonyl (C=O) groups excluding carboxylic acids is 1. The fourth-order valence-corrected chi connectivity index (χ4v) is 3.60. The van der Waals surface area contributed by atoms with Crippen LogP contribution in [0.15, 0.2) is 0 Å². The molecule has 0 bridgehead atoms. The van der Waals surface area contributed by atoms with Crippen LogP contribution in [0, 0.1) is 0 Å². The summed E-state index contributed by atoms with van der Waals surface area (Å²) in [7, 11) is 0. The van der Waals surface area contributed by atoms with Gasteiger partial charge < -0.3 is 79.9 Å². The molecule has 34 heavy (non-hydrogen) atoms. The van der Waals surface area contributed by atoms with E-state index >= 15 is 0 Å². The Balaban J connectivity index is 2.17. The molecule has 0 aliphatic carbocycles. The summed E-state index contributed by atoms with van der Waals surface area (Å²) in [6.07, 6.45) is -25.4. The van der Waals surface area contributed by atoms with Gasteiger partial charge in [0.1, 0.15) is 73.2 Å². The Hall–Kier alpha value is -0.930. The number of aliphatic hydroxyl groups excluding tert-OH is 11. The zero-order valence-corrected chi connectivity index (χ0v) is 17.7. The molecule has 0 aromatic heterocycles. The summed E-state index contributed by atoms with van der Waals surface area (Å²) in [5, 5.41) is 108. The molecule has 14 atom stereocenters. The molecular weight excluding hydrogens is 472 g/mol. The molecule has 200 valence electrons. The van der Waals surface area contributed by atoms with E-state index in [1.165, 1.54) is 0 Å². The van der Waals surface area contributed by atoms with Gasteiger partial charge in [-0.05, 0) is 0 Å². The summed E-state index contributed by atoms with van der Waals surface area (Å²) in [4.78, 5) is 10.8. The normalized spacial score (nSPS) is 42.6. The lowest BCUT2D eigenvalue weighted by atomic mass is 9.96. The number of aliphatic hydroxyl groups is 11. The predicted octanol–water partition coefficient (Wildman–Crippen LogP) is -7.73. The van der Waals surface area contributed by atoms with Crippen molar-refractivity contribution < 1.29 is 79.9 Å². The highest BCUT2D eigenvalue weighted by Crippen LogP contribution is 2.30. The average molecular weight is 504 g/mol. The second kappa shape index (κ2) is 12.9. The maximum atomic E-state index is 10.8. The molecular formula is C18H32O16. The van der Waals surface area contributed by atoms with E-state index < -0.39 is 106 Å². The van der Waals surface area contributed by atoms with Gasteiger partial charge in [-0.1, -0.05) is 0 Å². The van der Waals surface area contributed by atoms with Crippen molar-refractivity contribution in [2.24, 2.45) is 0 Å². The lowest BCUT2D eigenvalue weighted by Gasteiger charge is -2.46. The van der Waals surface area contributed by atoms with Gasteiger partial charge >= 0.3 is 0 Å². The van der Waals surface area contributed by atoms with E-state index in [2.05, 4.69) is 0 Å². The molecule has 0 aromatic carbocycles. The fraction of sp³-hybridized carbons (Fsp3) is 0.944. The zero-order valence-electron chi connectivity index (χ0n) is 17.7. The second-order valence-corrected chi connectivity index (χ2v) is 7.97. The van der Waals surface area contributed by atoms with Gasteiger partial charge in [-0.2, -0.15) is 0 Å². The molecule has 2 rings (SSSR count). The van der Waals surface area contributed by atoms with Crippen LogP contribution in [0.2, 0.25) is 0 Å². The lowest BCUT2D eigenvalue weighted by Crippen LogP contribution is -2.65. The van der Waals surface area contributed by atoms with Crippen molar-refractivity contribution in [3.05, 3.63) is 0 Å². The zero-order chi connectivity index (χ0) is 25.7. The van der Waals surface area contributed by atoms with E-state index in [4.69, 9.17) is 24.1 Å². The number of hydrogen-bond acceptors (Lipinski definition) is 16. The maximum absolute atomic E-state index is 10.8. The van der Waals surface area contributed by atoms with Gasteiger partial charge in [0.15, 0.2) is 18.9 Å². The third kappa shape index (κ3) is 6.25. The van der Waals surface area contributed by atoms with Gasteiger partial charge in [0, 0.05) is 0 Å². The third-order valence-corrected chi connectivity index (χ3v) is 5.64. The highest BCUT2D eigenvalue weighted by atomic mass is 16.7. The smallest absolute Gasteiger partial charge is 0.187 e. The SMILES string of the molecule is O=CC(O)C(O)C(OC1OC(CO)C(OC2OC(CO)C(O)C(O)C2O)C(O)C1O)C(O)CO. The number of rotatable bonds is 11. The van der Waals surface area contributed by atoms with Crippen molar-refractivity contribution in [2.75, 3.05) is 19.8 Å². The minimum atomic E-state index is -2.08. The molecule has 0 spiro atoms. The first-order chi connectivity index (χ1) is 16.0. The highest BCUT2D eigenvalue weighted by molar-refractivity contribution is 5.56. The van der Waals surface area contributed by atoms with Crippen molar-refractivity contribution >= 4 is 6.29 Å². The first kappa shape index (κ1) is 29.3. The quantitative estimate of drug-likeness (QED) is 0.117. The Labute approximate surface area is 192 Å². The molecule has 2 saturated heterocycles. The van der Waals surface area contributed by atoms with Gasteiger partial charge in [-0.25, -0.2) is 0 Å². The van der Waals surface area contributed by atoms with Crippen LogP contribution >= 0.6 is 0 Å². The van der Waals surface area contributed by atoms with Crippen LogP contribution in [-0.2, 0) is 23.7 Å². The number of aldehydes is 1. The Morgan fingerprint density at radius 3 is 1.85 bits per heavy atom. The van der Waals surface area contributed by atoms with Crippen molar-refractivity contribution in [1.82, 2.24) is 0 Å². The number of hydrogen-bond donors (Lipinski definition) is 11. The molecule has 0 radical (unpaired) electrons. The topological polar surface area (TPSA) is 277 Å². The van der Waals surface area contributed by atoms with Gasteiger partial charge in [-0.15, -0.1) is 0 Å². The summed E-state index contributed by atoms with van der Waals surface area (Å²) in [5.74, 6) is 0. The molecule has 11 N–H and O–H groups in total. The van der Waals surface area contributed by atoms with E-state index in [-0.39, 0.29) is 6.29 Å². The molecule has 2 heterocycles. The predicted molar refractivity (Wildman–Crippen MR) is 102 cm³/mol. The van der Waals surface area contributed by atoms with Crippen LogP contribution in [-0.4, -0.2) is 168 Å². The van der Waals surface area contributed by atoms with Crippen molar-refractivity contribution in [3.8, 4) is 0 Å². The average Bonchev–Trinajstić information content (AvgIpc) is 2.84. The summed E-state index contributed by atoms with van der Waals surface area (Å²) >= 11 is 0. The Bertz CT molecular complexity index is 621. The standard InChI is InChI=1S/C18H32O16/c19-1-5(23)9(25)15(6(24)2-20)33-18-14(30)12(28)16(8(4-22)32-18)34-17-13(29)11(27)10(26)7(3-21)31-17/h1,5-18,20-30H,2-4H2. The van der Waals surface area contributed by atoms with Crippen LogP contribution in [0.4, 0.5) is 0 Å². The van der Waals surface area contributed by atoms with Crippen molar-refractivity contribution in [1.29, 1.82) is 0 Å². The van der Waals surface area contributed by atoms with Crippen LogP contribution in [0.25, 0.3) is 0 Å². The summed E-state index contributed by atoms with van der Waals surface area (Å²) in [6, 6.07) is 0. The molecule has 0 amide bonds. The van der Waals surface area contributed by atoms with Gasteiger partial charge in [0.05, 0.1) is 19.8 Å². The highest BCUT2D eigenvalue weighted by Gasteiger charge is 2.51. The third-order valence-electron chi connectivity index (χ3n) is 5.64. The Morgan fingerprint density at radius 2 is 1.32 bits per heavy atom. The van der Waals surface area contributed by atoms with Crippen LogP contribution in [0.5, 0.6) is 0 Å². The molecule has 2 aliphatic rings. The minimum absolute atomic E-state index is 0.0704. The lowest BCUT2D eigenvalue weighted by molar-refractivity contribution is -0.367. The first-order valence-corrected chi connectivity index (χ1v) is 10.4. The molecule has 0 saturated carbocycles. The van der Waals surface area contributed by atoms with E-state index in [0.717, 1.165) is 0 Å². The Kier molecular flexibility index (Phi) is 11.1. The maximum Gasteiger partial charge on any atom is 0.187 e. The molecule has 16 nitrogen and oxygen atoms in total. The second-order valence-electron chi connectivity index (χ2n) is 7.97. The van der Waals surface area contributed by atoms with E-state index in [0.29, 0.717) is 0 Å².